The van der Waals surface area contributed by atoms with Gasteiger partial charge in [-0.2, -0.15) is 5.26 Å². The number of nitriles is 1. The number of aromatic amines is 1. The third-order valence-corrected chi connectivity index (χ3v) is 1.46. The van der Waals surface area contributed by atoms with Crippen LogP contribution in [0.15, 0.2) is 10.9 Å². The molecule has 1 N–H and O–H groups in total. The van der Waals surface area contributed by atoms with E-state index in [-0.39, 0.29) is 5.56 Å². The molecule has 0 saturated heterocycles. The second kappa shape index (κ2) is 3.06. The molecule has 0 aromatic carbocycles. The summed E-state index contributed by atoms with van der Waals surface area (Å²) in [6.45, 7) is 2.39. The molecule has 1 aromatic heterocycles. The molecule has 0 fully saturated rings. The van der Waals surface area contributed by atoms with Gasteiger partial charge in [-0.05, 0) is 6.92 Å². The number of rotatable bonds is 2. The Bertz CT molecular complexity index is 328. The van der Waals surface area contributed by atoms with Gasteiger partial charge in [-0.15, -0.1) is 0 Å². The van der Waals surface area contributed by atoms with Crippen LogP contribution in [0.1, 0.15) is 12.1 Å². The van der Waals surface area contributed by atoms with Gasteiger partial charge in [-0.3, -0.25) is 14.6 Å². The first kappa shape index (κ1) is 7.61. The molecule has 0 radical (unpaired) electrons. The van der Waals surface area contributed by atoms with Crippen LogP contribution in [0.3, 0.4) is 0 Å². The molecule has 0 amide bonds. The highest BCUT2D eigenvalue weighted by Gasteiger charge is 1.96. The Morgan fingerprint density at radius 3 is 3.00 bits per heavy atom. The predicted molar refractivity (Wildman–Crippen MR) is 40.0 cm³/mol. The van der Waals surface area contributed by atoms with Crippen molar-refractivity contribution in [3.05, 3.63) is 22.1 Å². The van der Waals surface area contributed by atoms with Crippen LogP contribution in [0.25, 0.3) is 0 Å². The Labute approximate surface area is 64.1 Å². The summed E-state index contributed by atoms with van der Waals surface area (Å²) in [6, 6.07) is 3.52. The number of hydrogen-bond acceptors (Lipinski definition) is 2. The summed E-state index contributed by atoms with van der Waals surface area (Å²) in [5, 5.41) is 10.9. The van der Waals surface area contributed by atoms with E-state index in [2.05, 4.69) is 5.10 Å². The molecule has 0 saturated carbocycles. The van der Waals surface area contributed by atoms with E-state index in [0.717, 1.165) is 5.69 Å². The van der Waals surface area contributed by atoms with Crippen molar-refractivity contribution in [2.75, 3.05) is 0 Å². The van der Waals surface area contributed by atoms with Gasteiger partial charge >= 0.3 is 0 Å². The lowest BCUT2D eigenvalue weighted by molar-refractivity contribution is 0.605. The highest BCUT2D eigenvalue weighted by Crippen LogP contribution is 1.92. The molecule has 0 aliphatic heterocycles. The normalized spacial score (nSPS) is 9.45. The number of aromatic nitrogens is 2. The van der Waals surface area contributed by atoms with Crippen molar-refractivity contribution in [2.45, 2.75) is 19.9 Å². The highest BCUT2D eigenvalue weighted by atomic mass is 16.1. The van der Waals surface area contributed by atoms with E-state index in [9.17, 15) is 4.79 Å². The van der Waals surface area contributed by atoms with Crippen molar-refractivity contribution in [1.29, 1.82) is 5.26 Å². The molecule has 0 spiro atoms. The minimum Gasteiger partial charge on any atom is -0.288 e. The maximum Gasteiger partial charge on any atom is 0.264 e. The maximum atomic E-state index is 10.7. The lowest BCUT2D eigenvalue weighted by atomic mass is 10.4. The quantitative estimate of drug-likeness (QED) is 0.665. The zero-order valence-electron chi connectivity index (χ0n) is 6.29. The molecular formula is C7H9N3O. The Balaban J connectivity index is 2.79. The number of aryl methyl sites for hydroxylation is 2. The molecule has 1 rings (SSSR count). The van der Waals surface area contributed by atoms with Crippen LogP contribution in [-0.4, -0.2) is 9.78 Å². The topological polar surface area (TPSA) is 61.6 Å². The average molecular weight is 151 g/mol. The summed E-state index contributed by atoms with van der Waals surface area (Å²) in [5.41, 5.74) is 0.755. The second-order valence-corrected chi connectivity index (χ2v) is 2.32. The van der Waals surface area contributed by atoms with Gasteiger partial charge in [-0.1, -0.05) is 0 Å². The number of nitrogens with zero attached hydrogens (tertiary/aromatic N) is 2. The van der Waals surface area contributed by atoms with Crippen molar-refractivity contribution in [3.63, 3.8) is 0 Å². The van der Waals surface area contributed by atoms with Crippen LogP contribution in [-0.2, 0) is 6.54 Å². The number of nitrogens with one attached hydrogen (secondary N) is 1. The van der Waals surface area contributed by atoms with E-state index in [1.807, 2.05) is 13.0 Å². The smallest absolute Gasteiger partial charge is 0.264 e. The van der Waals surface area contributed by atoms with Crippen molar-refractivity contribution in [1.82, 2.24) is 9.78 Å². The molecule has 4 heteroatoms. The van der Waals surface area contributed by atoms with Gasteiger partial charge in [0.2, 0.25) is 0 Å². The van der Waals surface area contributed by atoms with E-state index >= 15 is 0 Å². The molecule has 11 heavy (non-hydrogen) atoms. The van der Waals surface area contributed by atoms with Gasteiger partial charge in [0.25, 0.3) is 5.56 Å². The third-order valence-electron chi connectivity index (χ3n) is 1.46. The van der Waals surface area contributed by atoms with E-state index in [1.165, 1.54) is 6.07 Å². The first-order valence-electron chi connectivity index (χ1n) is 3.37. The number of H-pyrrole nitrogens is 1. The lowest BCUT2D eigenvalue weighted by Crippen LogP contribution is -2.06. The molecule has 0 atom stereocenters. The predicted octanol–water partition coefficient (Wildman–Crippen LogP) is 0.398. The minimum absolute atomic E-state index is 0.111. The van der Waals surface area contributed by atoms with Crippen LogP contribution in [0, 0.1) is 18.3 Å². The molecule has 0 aliphatic rings. The molecule has 4 nitrogen and oxygen atoms in total. The van der Waals surface area contributed by atoms with Crippen LogP contribution in [0.4, 0.5) is 0 Å². The Hall–Kier alpha value is -1.50. The summed E-state index contributed by atoms with van der Waals surface area (Å²) in [5.74, 6) is 0. The fourth-order valence-corrected chi connectivity index (χ4v) is 0.915. The molecule has 58 valence electrons. The summed E-state index contributed by atoms with van der Waals surface area (Å²) in [6.07, 6.45) is 0.422. The van der Waals surface area contributed by atoms with Crippen molar-refractivity contribution >= 4 is 0 Å². The molecule has 1 aromatic rings. The molecular weight excluding hydrogens is 142 g/mol. The van der Waals surface area contributed by atoms with Gasteiger partial charge in [-0.25, -0.2) is 0 Å². The largest absolute Gasteiger partial charge is 0.288 e. The van der Waals surface area contributed by atoms with Crippen molar-refractivity contribution in [2.24, 2.45) is 0 Å². The zero-order valence-corrected chi connectivity index (χ0v) is 6.29. The van der Waals surface area contributed by atoms with E-state index in [1.54, 1.807) is 4.68 Å². The van der Waals surface area contributed by atoms with E-state index < -0.39 is 0 Å². The molecule has 1 heterocycles. The first-order chi connectivity index (χ1) is 5.24. The second-order valence-electron chi connectivity index (χ2n) is 2.32. The summed E-state index contributed by atoms with van der Waals surface area (Å²) < 4.78 is 1.67. The zero-order chi connectivity index (χ0) is 8.27. The van der Waals surface area contributed by atoms with E-state index in [0.29, 0.717) is 13.0 Å². The first-order valence-corrected chi connectivity index (χ1v) is 3.37. The van der Waals surface area contributed by atoms with E-state index in [4.69, 9.17) is 5.26 Å². The minimum atomic E-state index is -0.111. The van der Waals surface area contributed by atoms with Crippen LogP contribution >= 0.6 is 0 Å². The number of hydrogen-bond donors (Lipinski definition) is 1. The fraction of sp³-hybridized carbons (Fsp3) is 0.429. The Morgan fingerprint density at radius 1 is 1.82 bits per heavy atom. The third kappa shape index (κ3) is 1.71. The van der Waals surface area contributed by atoms with Gasteiger partial charge in [0.15, 0.2) is 0 Å². The Kier molecular flexibility index (Phi) is 2.12. The van der Waals surface area contributed by atoms with Crippen molar-refractivity contribution < 1.29 is 0 Å². The average Bonchev–Trinajstić information content (AvgIpc) is 2.26. The monoisotopic (exact) mass is 151 g/mol. The van der Waals surface area contributed by atoms with Crippen molar-refractivity contribution in [3.8, 4) is 6.07 Å². The summed E-state index contributed by atoms with van der Waals surface area (Å²) >= 11 is 0. The molecule has 0 unspecified atom stereocenters. The lowest BCUT2D eigenvalue weighted by Gasteiger charge is -1.99. The SMILES string of the molecule is Cc1cc(=O)[nH]n1CCC#N. The van der Waals surface area contributed by atoms with Gasteiger partial charge in [0.05, 0.1) is 19.0 Å². The van der Waals surface area contributed by atoms with Crippen LogP contribution < -0.4 is 5.56 Å². The molecule has 0 aliphatic carbocycles. The summed E-state index contributed by atoms with van der Waals surface area (Å²) in [4.78, 5) is 10.7. The van der Waals surface area contributed by atoms with Crippen LogP contribution in [0.2, 0.25) is 0 Å². The maximum absolute atomic E-state index is 10.7. The van der Waals surface area contributed by atoms with Gasteiger partial charge in [0, 0.05) is 11.8 Å². The fourth-order valence-electron chi connectivity index (χ4n) is 0.915. The summed E-state index contributed by atoms with van der Waals surface area (Å²) in [7, 11) is 0. The molecule has 0 bridgehead atoms. The van der Waals surface area contributed by atoms with Crippen LogP contribution in [0.5, 0.6) is 0 Å². The van der Waals surface area contributed by atoms with Gasteiger partial charge < -0.3 is 0 Å². The van der Waals surface area contributed by atoms with Gasteiger partial charge in [0.1, 0.15) is 0 Å². The standard InChI is InChI=1S/C7H9N3O/c1-6-5-7(11)9-10(6)4-2-3-8/h5H,2,4H2,1H3,(H,9,11). The Morgan fingerprint density at radius 2 is 2.55 bits per heavy atom. The highest BCUT2D eigenvalue weighted by molar-refractivity contribution is 4.97.